The number of azide groups is 1. The summed E-state index contributed by atoms with van der Waals surface area (Å²) in [6, 6.07) is 16.4. The fourth-order valence-corrected chi connectivity index (χ4v) is 3.26. The molecule has 0 radical (unpaired) electrons. The van der Waals surface area contributed by atoms with E-state index in [2.05, 4.69) is 10.0 Å². The molecule has 1 saturated heterocycles. The first-order chi connectivity index (χ1) is 16.5. The molecule has 1 aliphatic rings. The second-order valence-electron chi connectivity index (χ2n) is 7.40. The molecule has 1 aliphatic heterocycles. The van der Waals surface area contributed by atoms with Gasteiger partial charge in [-0.1, -0.05) is 41.5 Å². The second kappa shape index (κ2) is 12.7. The highest BCUT2D eigenvalue weighted by molar-refractivity contribution is 5.89. The van der Waals surface area contributed by atoms with Crippen LogP contribution in [0.15, 0.2) is 65.8 Å². The van der Waals surface area contributed by atoms with Gasteiger partial charge in [0.25, 0.3) is 0 Å². The number of aliphatic hydroxyl groups is 2. The molecule has 1 heterocycles. The molecule has 2 N–H and O–H groups in total. The highest BCUT2D eigenvalue weighted by Crippen LogP contribution is 2.26. The molecule has 2 aromatic rings. The Morgan fingerprint density at radius 3 is 2.21 bits per heavy atom. The van der Waals surface area contributed by atoms with Crippen molar-refractivity contribution in [1.29, 1.82) is 0 Å². The zero-order chi connectivity index (χ0) is 24.3. The van der Waals surface area contributed by atoms with Crippen LogP contribution in [0, 0.1) is 0 Å². The van der Waals surface area contributed by atoms with Crippen molar-refractivity contribution in [2.24, 2.45) is 5.11 Å². The van der Waals surface area contributed by atoms with Gasteiger partial charge in [-0.15, -0.1) is 0 Å². The fourth-order valence-electron chi connectivity index (χ4n) is 3.26. The van der Waals surface area contributed by atoms with Gasteiger partial charge in [0.15, 0.2) is 12.4 Å². The highest BCUT2D eigenvalue weighted by Gasteiger charge is 2.48. The molecule has 0 aromatic heterocycles. The van der Waals surface area contributed by atoms with E-state index in [1.54, 1.807) is 48.5 Å². The lowest BCUT2D eigenvalue weighted by atomic mass is 9.99. The van der Waals surface area contributed by atoms with E-state index in [1.807, 2.05) is 0 Å². The molecule has 0 saturated carbocycles. The van der Waals surface area contributed by atoms with E-state index >= 15 is 0 Å². The van der Waals surface area contributed by atoms with Crippen molar-refractivity contribution >= 4 is 11.9 Å². The Bertz CT molecular complexity index is 982. The highest BCUT2D eigenvalue weighted by atomic mass is 16.7. The molecule has 34 heavy (non-hydrogen) atoms. The predicted molar refractivity (Wildman–Crippen MR) is 118 cm³/mol. The molecular formula is C23H25N3O8. The van der Waals surface area contributed by atoms with Gasteiger partial charge in [0.05, 0.1) is 17.7 Å². The molecule has 0 bridgehead atoms. The summed E-state index contributed by atoms with van der Waals surface area (Å²) in [6.07, 6.45) is -6.53. The molecule has 180 valence electrons. The molecule has 1 fully saturated rings. The van der Waals surface area contributed by atoms with Crippen molar-refractivity contribution in [3.05, 3.63) is 82.2 Å². The van der Waals surface area contributed by atoms with E-state index in [9.17, 15) is 19.8 Å². The summed E-state index contributed by atoms with van der Waals surface area (Å²) in [6.45, 7) is -0.146. The van der Waals surface area contributed by atoms with Gasteiger partial charge < -0.3 is 29.2 Å². The summed E-state index contributed by atoms with van der Waals surface area (Å²) < 4.78 is 22.0. The van der Waals surface area contributed by atoms with Crippen molar-refractivity contribution in [3.8, 4) is 0 Å². The number of nitrogens with zero attached hydrogens (tertiary/aromatic N) is 3. The zero-order valence-corrected chi connectivity index (χ0v) is 18.2. The van der Waals surface area contributed by atoms with Gasteiger partial charge in [0, 0.05) is 11.5 Å². The number of benzene rings is 2. The molecule has 11 heteroatoms. The van der Waals surface area contributed by atoms with E-state index in [0.717, 1.165) is 0 Å². The average molecular weight is 471 g/mol. The number of carbonyl (C=O) groups is 2. The lowest BCUT2D eigenvalue weighted by Gasteiger charge is -2.41. The van der Waals surface area contributed by atoms with E-state index in [1.165, 1.54) is 12.1 Å². The van der Waals surface area contributed by atoms with Gasteiger partial charge in [-0.3, -0.25) is 0 Å². The molecule has 2 unspecified atom stereocenters. The van der Waals surface area contributed by atoms with E-state index in [0.29, 0.717) is 12.0 Å². The molecule has 11 nitrogen and oxygen atoms in total. The monoisotopic (exact) mass is 471 g/mol. The van der Waals surface area contributed by atoms with Crippen molar-refractivity contribution in [2.45, 2.75) is 37.1 Å². The van der Waals surface area contributed by atoms with Crippen LogP contribution in [0.1, 0.15) is 27.1 Å². The maximum Gasteiger partial charge on any atom is 0.338 e. The maximum atomic E-state index is 12.5. The van der Waals surface area contributed by atoms with Gasteiger partial charge in [-0.25, -0.2) is 9.59 Å². The Hall–Kier alpha value is -3.47. The van der Waals surface area contributed by atoms with Crippen molar-refractivity contribution in [2.75, 3.05) is 19.8 Å². The van der Waals surface area contributed by atoms with Crippen LogP contribution < -0.4 is 0 Å². The van der Waals surface area contributed by atoms with Gasteiger partial charge in [0.2, 0.25) is 0 Å². The first-order valence-electron chi connectivity index (χ1n) is 10.6. The quantitative estimate of drug-likeness (QED) is 0.175. The van der Waals surface area contributed by atoms with Crippen LogP contribution in [0.3, 0.4) is 0 Å². The molecule has 0 spiro atoms. The van der Waals surface area contributed by atoms with Crippen molar-refractivity contribution in [3.63, 3.8) is 0 Å². The average Bonchev–Trinajstić information content (AvgIpc) is 2.87. The van der Waals surface area contributed by atoms with Crippen LogP contribution in [0.4, 0.5) is 0 Å². The van der Waals surface area contributed by atoms with Crippen LogP contribution >= 0.6 is 0 Å². The van der Waals surface area contributed by atoms with Crippen LogP contribution in [0.2, 0.25) is 0 Å². The van der Waals surface area contributed by atoms with E-state index in [4.69, 9.17) is 24.5 Å². The normalized spacial score (nSPS) is 24.0. The smallest absolute Gasteiger partial charge is 0.338 e. The lowest BCUT2D eigenvalue weighted by molar-refractivity contribution is -0.299. The number of aliphatic hydroxyl groups excluding tert-OH is 2. The van der Waals surface area contributed by atoms with Gasteiger partial charge in [-0.2, -0.15) is 0 Å². The summed E-state index contributed by atoms with van der Waals surface area (Å²) >= 11 is 0. The minimum atomic E-state index is -1.58. The minimum Gasteiger partial charge on any atom is -0.459 e. The lowest BCUT2D eigenvalue weighted by Crippen LogP contribution is -2.60. The third-order valence-corrected chi connectivity index (χ3v) is 5.03. The van der Waals surface area contributed by atoms with Gasteiger partial charge in [-0.05, 0) is 36.2 Å². The number of ether oxygens (including phenoxy) is 4. The first kappa shape index (κ1) is 25.2. The summed E-state index contributed by atoms with van der Waals surface area (Å²) in [5.74, 6) is -1.37. The standard InChI is InChI=1S/C23H25N3O8/c24-26-25-12-7-13-31-23-20(34-22(30)16-10-5-2-6-11-16)19(28)18(27)17(33-23)14-32-21(29)15-8-3-1-4-9-15/h1-6,8-11,17-20,23,27-28H,7,12-14H2/t17?,18-,19-,20?,23+/m0/s1. The Kier molecular flexibility index (Phi) is 9.39. The van der Waals surface area contributed by atoms with Crippen LogP contribution in [-0.4, -0.2) is 72.6 Å². The topological polar surface area (TPSA) is 160 Å². The summed E-state index contributed by atoms with van der Waals surface area (Å²) in [7, 11) is 0. The number of carbonyl (C=O) groups excluding carboxylic acids is 2. The Labute approximate surface area is 195 Å². The third kappa shape index (κ3) is 6.77. The van der Waals surface area contributed by atoms with Crippen LogP contribution in [-0.2, 0) is 18.9 Å². The number of hydrogen-bond acceptors (Lipinski definition) is 9. The fraction of sp³-hybridized carbons (Fsp3) is 0.391. The van der Waals surface area contributed by atoms with Crippen LogP contribution in [0.5, 0.6) is 0 Å². The Morgan fingerprint density at radius 2 is 1.59 bits per heavy atom. The Balaban J connectivity index is 1.68. The summed E-state index contributed by atoms with van der Waals surface area (Å²) in [4.78, 5) is 27.4. The molecule has 5 atom stereocenters. The Morgan fingerprint density at radius 1 is 0.971 bits per heavy atom. The van der Waals surface area contributed by atoms with Crippen molar-refractivity contribution in [1.82, 2.24) is 0 Å². The molecule has 0 aliphatic carbocycles. The molecule has 3 rings (SSSR count). The minimum absolute atomic E-state index is 0.0579. The second-order valence-corrected chi connectivity index (χ2v) is 7.40. The van der Waals surface area contributed by atoms with E-state index < -0.39 is 42.6 Å². The maximum absolute atomic E-state index is 12.5. The van der Waals surface area contributed by atoms with Crippen LogP contribution in [0.25, 0.3) is 10.4 Å². The number of esters is 2. The SMILES string of the molecule is [N-]=[N+]=NCCCO[C@@H]1OC(COC(=O)c2ccccc2)[C@H](O)[C@H](O)C1OC(=O)c1ccccc1. The molecule has 0 amide bonds. The van der Waals surface area contributed by atoms with Gasteiger partial charge >= 0.3 is 11.9 Å². The third-order valence-electron chi connectivity index (χ3n) is 5.03. The van der Waals surface area contributed by atoms with E-state index in [-0.39, 0.29) is 25.3 Å². The number of hydrogen-bond donors (Lipinski definition) is 2. The summed E-state index contributed by atoms with van der Waals surface area (Å²) in [5.41, 5.74) is 8.94. The first-order valence-corrected chi connectivity index (χ1v) is 10.6. The van der Waals surface area contributed by atoms with Gasteiger partial charge in [0.1, 0.15) is 24.9 Å². The molecular weight excluding hydrogens is 446 g/mol. The zero-order valence-electron chi connectivity index (χ0n) is 18.2. The number of rotatable bonds is 10. The predicted octanol–water partition coefficient (Wildman–Crippen LogP) is 2.23. The molecule has 2 aromatic carbocycles. The largest absolute Gasteiger partial charge is 0.459 e. The van der Waals surface area contributed by atoms with Crippen molar-refractivity contribution < 1.29 is 38.7 Å². The summed E-state index contributed by atoms with van der Waals surface area (Å²) in [5, 5.41) is 24.7.